The van der Waals surface area contributed by atoms with Gasteiger partial charge in [0.15, 0.2) is 5.65 Å². The smallest absolute Gasteiger partial charge is 0.264 e. The number of halogens is 1. The third-order valence-electron chi connectivity index (χ3n) is 5.42. The minimum absolute atomic E-state index is 0.145. The zero-order valence-electron chi connectivity index (χ0n) is 18.4. The van der Waals surface area contributed by atoms with Crippen LogP contribution in [0, 0.1) is 12.7 Å². The summed E-state index contributed by atoms with van der Waals surface area (Å²) in [5.74, 6) is 0.744. The summed E-state index contributed by atoms with van der Waals surface area (Å²) in [6.07, 6.45) is 2.23. The number of para-hydroxylation sites is 1. The van der Waals surface area contributed by atoms with Crippen LogP contribution in [0.3, 0.4) is 0 Å². The van der Waals surface area contributed by atoms with Gasteiger partial charge >= 0.3 is 0 Å². The first-order valence-corrected chi connectivity index (χ1v) is 10.6. The number of amides is 1. The predicted octanol–water partition coefficient (Wildman–Crippen LogP) is 2.79. The highest BCUT2D eigenvalue weighted by Crippen LogP contribution is 2.17. The van der Waals surface area contributed by atoms with Crippen LogP contribution in [-0.2, 0) is 17.8 Å². The third kappa shape index (κ3) is 4.77. The summed E-state index contributed by atoms with van der Waals surface area (Å²) in [5, 5.41) is 7.46. The fourth-order valence-corrected chi connectivity index (χ4v) is 3.69. The molecule has 0 bridgehead atoms. The van der Waals surface area contributed by atoms with E-state index in [1.807, 2.05) is 24.3 Å². The molecule has 0 aliphatic rings. The molecule has 0 fully saturated rings. The second-order valence-corrected chi connectivity index (χ2v) is 7.55. The first-order valence-electron chi connectivity index (χ1n) is 10.6. The van der Waals surface area contributed by atoms with Gasteiger partial charge in [-0.3, -0.25) is 14.2 Å². The Balaban J connectivity index is 1.43. The molecule has 1 amide bonds. The molecule has 33 heavy (non-hydrogen) atoms. The van der Waals surface area contributed by atoms with E-state index in [2.05, 4.69) is 15.4 Å². The van der Waals surface area contributed by atoms with Crippen molar-refractivity contribution in [1.29, 1.82) is 0 Å². The summed E-state index contributed by atoms with van der Waals surface area (Å²) < 4.78 is 21.5. The summed E-state index contributed by atoms with van der Waals surface area (Å²) in [4.78, 5) is 29.9. The van der Waals surface area contributed by atoms with Crippen LogP contribution >= 0.6 is 0 Å². The molecule has 2 aromatic heterocycles. The van der Waals surface area contributed by atoms with Crippen molar-refractivity contribution < 1.29 is 13.9 Å². The van der Waals surface area contributed by atoms with Gasteiger partial charge in [0.1, 0.15) is 22.8 Å². The molecule has 0 radical (unpaired) electrons. The van der Waals surface area contributed by atoms with Crippen LogP contribution in [0.4, 0.5) is 4.39 Å². The average Bonchev–Trinajstić information content (AvgIpc) is 3.23. The number of nitrogens with one attached hydrogen (secondary N) is 1. The number of methoxy groups -OCH3 is 1. The number of hydrogen-bond donors (Lipinski definition) is 1. The molecule has 8 nitrogen and oxygen atoms in total. The first kappa shape index (κ1) is 22.2. The molecule has 1 N–H and O–H groups in total. The largest absolute Gasteiger partial charge is 0.496 e. The average molecular weight is 449 g/mol. The van der Waals surface area contributed by atoms with E-state index in [9.17, 15) is 14.0 Å². The summed E-state index contributed by atoms with van der Waals surface area (Å²) >= 11 is 0. The Hall–Kier alpha value is -4.01. The number of nitrogens with zero attached hydrogens (tertiary/aromatic N) is 4. The summed E-state index contributed by atoms with van der Waals surface area (Å²) in [6, 6.07) is 13.5. The molecule has 2 aromatic carbocycles. The van der Waals surface area contributed by atoms with E-state index in [0.29, 0.717) is 35.5 Å². The van der Waals surface area contributed by atoms with Crippen molar-refractivity contribution in [3.8, 4) is 11.4 Å². The van der Waals surface area contributed by atoms with Crippen molar-refractivity contribution in [1.82, 2.24) is 24.6 Å². The third-order valence-corrected chi connectivity index (χ3v) is 5.42. The van der Waals surface area contributed by atoms with Crippen molar-refractivity contribution in [2.24, 2.45) is 0 Å². The fraction of sp³-hybridized carbons (Fsp3) is 0.250. The molecule has 4 rings (SSSR count). The molecule has 2 heterocycles. The molecule has 0 saturated heterocycles. The van der Waals surface area contributed by atoms with Crippen LogP contribution in [0.25, 0.3) is 16.7 Å². The Morgan fingerprint density at radius 2 is 1.91 bits per heavy atom. The Kier molecular flexibility index (Phi) is 6.48. The molecule has 9 heteroatoms. The summed E-state index contributed by atoms with van der Waals surface area (Å²) in [5.41, 5.74) is 1.74. The lowest BCUT2D eigenvalue weighted by Crippen LogP contribution is -2.30. The Bertz CT molecular complexity index is 1340. The van der Waals surface area contributed by atoms with Gasteiger partial charge in [0.2, 0.25) is 5.91 Å². The van der Waals surface area contributed by atoms with Gasteiger partial charge < -0.3 is 10.1 Å². The number of ether oxygens (including phenoxy) is 1. The molecule has 0 unspecified atom stereocenters. The highest BCUT2D eigenvalue weighted by molar-refractivity contribution is 5.76. The number of carbonyl (C=O) groups is 1. The highest BCUT2D eigenvalue weighted by Gasteiger charge is 2.15. The molecular weight excluding hydrogens is 425 g/mol. The molecule has 0 saturated carbocycles. The predicted molar refractivity (Wildman–Crippen MR) is 122 cm³/mol. The number of hydrogen-bond acceptors (Lipinski definition) is 5. The molecule has 0 aliphatic heterocycles. The Morgan fingerprint density at radius 1 is 1.15 bits per heavy atom. The standard InChI is InChI=1S/C24H24FN5O3/c1-16-28-23-20(15-27-30(23)19-9-7-18(25)8-10-19)24(32)29(16)14-12-22(31)26-13-11-17-5-3-4-6-21(17)33-2/h3-10,15H,11-14H2,1-2H3,(H,26,31). The lowest BCUT2D eigenvalue weighted by atomic mass is 10.1. The molecule has 4 aromatic rings. The van der Waals surface area contributed by atoms with Gasteiger partial charge in [-0.25, -0.2) is 14.1 Å². The molecule has 170 valence electrons. The van der Waals surface area contributed by atoms with E-state index in [-0.39, 0.29) is 30.2 Å². The van der Waals surface area contributed by atoms with Crippen LogP contribution in [-0.4, -0.2) is 38.9 Å². The molecule has 0 atom stereocenters. The minimum Gasteiger partial charge on any atom is -0.496 e. The van der Waals surface area contributed by atoms with Crippen molar-refractivity contribution in [2.45, 2.75) is 26.3 Å². The van der Waals surface area contributed by atoms with E-state index in [1.165, 1.54) is 27.6 Å². The van der Waals surface area contributed by atoms with Crippen LogP contribution in [0.5, 0.6) is 5.75 Å². The summed E-state index contributed by atoms with van der Waals surface area (Å²) in [7, 11) is 1.62. The monoisotopic (exact) mass is 449 g/mol. The van der Waals surface area contributed by atoms with Gasteiger partial charge in [0.05, 0.1) is 19.0 Å². The van der Waals surface area contributed by atoms with Gasteiger partial charge in [-0.1, -0.05) is 18.2 Å². The van der Waals surface area contributed by atoms with E-state index < -0.39 is 0 Å². The van der Waals surface area contributed by atoms with E-state index >= 15 is 0 Å². The maximum Gasteiger partial charge on any atom is 0.264 e. The van der Waals surface area contributed by atoms with Gasteiger partial charge in [-0.2, -0.15) is 5.10 Å². The number of aromatic nitrogens is 4. The van der Waals surface area contributed by atoms with Gasteiger partial charge in [0.25, 0.3) is 5.56 Å². The van der Waals surface area contributed by atoms with E-state index in [0.717, 1.165) is 11.3 Å². The van der Waals surface area contributed by atoms with Crippen molar-refractivity contribution in [3.63, 3.8) is 0 Å². The second kappa shape index (κ2) is 9.64. The SMILES string of the molecule is COc1ccccc1CCNC(=O)CCn1c(C)nc2c(cnn2-c2ccc(F)cc2)c1=O. The van der Waals surface area contributed by atoms with Crippen LogP contribution in [0.2, 0.25) is 0 Å². The maximum atomic E-state index is 13.2. The van der Waals surface area contributed by atoms with Gasteiger partial charge in [0, 0.05) is 19.5 Å². The van der Waals surface area contributed by atoms with Crippen molar-refractivity contribution >= 4 is 16.9 Å². The number of aryl methyl sites for hydroxylation is 1. The number of benzene rings is 2. The van der Waals surface area contributed by atoms with E-state index in [4.69, 9.17) is 4.74 Å². The van der Waals surface area contributed by atoms with Gasteiger partial charge in [-0.15, -0.1) is 0 Å². The molecule has 0 spiro atoms. The second-order valence-electron chi connectivity index (χ2n) is 7.55. The fourth-order valence-electron chi connectivity index (χ4n) is 3.69. The highest BCUT2D eigenvalue weighted by atomic mass is 19.1. The van der Waals surface area contributed by atoms with Crippen molar-refractivity contribution in [2.75, 3.05) is 13.7 Å². The number of rotatable bonds is 8. The Morgan fingerprint density at radius 3 is 2.67 bits per heavy atom. The lowest BCUT2D eigenvalue weighted by molar-refractivity contribution is -0.121. The number of fused-ring (bicyclic) bond motifs is 1. The summed E-state index contributed by atoms with van der Waals surface area (Å²) in [6.45, 7) is 2.38. The number of carbonyl (C=O) groups excluding carboxylic acids is 1. The van der Waals surface area contributed by atoms with E-state index in [1.54, 1.807) is 26.2 Å². The molecular formula is C24H24FN5O3. The Labute approximate surface area is 189 Å². The zero-order chi connectivity index (χ0) is 23.4. The quantitative estimate of drug-likeness (QED) is 0.447. The topological polar surface area (TPSA) is 91.0 Å². The maximum absolute atomic E-state index is 13.2. The van der Waals surface area contributed by atoms with Crippen LogP contribution < -0.4 is 15.6 Å². The van der Waals surface area contributed by atoms with Gasteiger partial charge in [-0.05, 0) is 49.2 Å². The lowest BCUT2D eigenvalue weighted by Gasteiger charge is -2.11. The van der Waals surface area contributed by atoms with Crippen molar-refractivity contribution in [3.05, 3.63) is 82.3 Å². The first-order chi connectivity index (χ1) is 16.0. The van der Waals surface area contributed by atoms with Crippen LogP contribution in [0.1, 0.15) is 17.8 Å². The normalized spacial score (nSPS) is 11.0. The zero-order valence-corrected chi connectivity index (χ0v) is 18.4. The minimum atomic E-state index is -0.358. The van der Waals surface area contributed by atoms with Crippen LogP contribution in [0.15, 0.2) is 59.5 Å². The molecule has 0 aliphatic carbocycles.